The molecule has 1 N–H and O–H groups in total. The second-order valence-electron chi connectivity index (χ2n) is 3.79. The van der Waals surface area contributed by atoms with Crippen LogP contribution in [0, 0.1) is 5.82 Å². The SMILES string of the molecule is CC(C)N(C)C(=O)c1cc(F)cc(Br)c1O. The van der Waals surface area contributed by atoms with Gasteiger partial charge < -0.3 is 10.0 Å². The maximum Gasteiger partial charge on any atom is 0.257 e. The molecule has 0 fully saturated rings. The monoisotopic (exact) mass is 289 g/mol. The largest absolute Gasteiger partial charge is 0.506 e. The van der Waals surface area contributed by atoms with Crippen LogP contribution in [0.25, 0.3) is 0 Å². The van der Waals surface area contributed by atoms with Gasteiger partial charge in [0.15, 0.2) is 0 Å². The van der Waals surface area contributed by atoms with Crippen molar-refractivity contribution in [3.05, 3.63) is 28.0 Å². The Hall–Kier alpha value is -1.10. The maximum absolute atomic E-state index is 13.1. The van der Waals surface area contributed by atoms with E-state index in [0.29, 0.717) is 0 Å². The molecule has 0 heterocycles. The van der Waals surface area contributed by atoms with Crippen LogP contribution in [-0.2, 0) is 0 Å². The molecule has 3 nitrogen and oxygen atoms in total. The molecular formula is C11H13BrFNO2. The van der Waals surface area contributed by atoms with Gasteiger partial charge in [-0.25, -0.2) is 4.39 Å². The molecule has 1 rings (SSSR count). The molecule has 0 spiro atoms. The average Bonchev–Trinajstić information content (AvgIpc) is 2.21. The highest BCUT2D eigenvalue weighted by Gasteiger charge is 2.20. The molecule has 0 saturated heterocycles. The molecule has 1 aromatic rings. The van der Waals surface area contributed by atoms with Crippen LogP contribution in [-0.4, -0.2) is 29.0 Å². The van der Waals surface area contributed by atoms with Gasteiger partial charge in [-0.3, -0.25) is 4.79 Å². The summed E-state index contributed by atoms with van der Waals surface area (Å²) in [6, 6.07) is 2.12. The normalized spacial score (nSPS) is 10.6. The average molecular weight is 290 g/mol. The number of carbonyl (C=O) groups is 1. The van der Waals surface area contributed by atoms with Gasteiger partial charge in [0.1, 0.15) is 11.6 Å². The highest BCUT2D eigenvalue weighted by Crippen LogP contribution is 2.29. The second-order valence-corrected chi connectivity index (χ2v) is 4.65. The molecule has 0 atom stereocenters. The van der Waals surface area contributed by atoms with Crippen molar-refractivity contribution in [1.82, 2.24) is 4.90 Å². The van der Waals surface area contributed by atoms with Gasteiger partial charge in [-0.15, -0.1) is 0 Å². The van der Waals surface area contributed by atoms with Crippen LogP contribution in [0.5, 0.6) is 5.75 Å². The van der Waals surface area contributed by atoms with Crippen LogP contribution in [0.3, 0.4) is 0 Å². The minimum absolute atomic E-state index is 0.0195. The van der Waals surface area contributed by atoms with Gasteiger partial charge >= 0.3 is 0 Å². The minimum Gasteiger partial charge on any atom is -0.506 e. The van der Waals surface area contributed by atoms with E-state index in [-0.39, 0.29) is 21.8 Å². The van der Waals surface area contributed by atoms with Crippen molar-refractivity contribution in [1.29, 1.82) is 0 Å². The number of aromatic hydroxyl groups is 1. The number of halogens is 2. The molecular weight excluding hydrogens is 277 g/mol. The molecule has 0 aliphatic carbocycles. The van der Waals surface area contributed by atoms with Crippen LogP contribution < -0.4 is 0 Å². The van der Waals surface area contributed by atoms with Gasteiger partial charge in [0.2, 0.25) is 0 Å². The Morgan fingerprint density at radius 1 is 1.50 bits per heavy atom. The number of benzene rings is 1. The molecule has 0 aliphatic rings. The molecule has 0 aliphatic heterocycles. The number of hydrogen-bond donors (Lipinski definition) is 1. The van der Waals surface area contributed by atoms with Gasteiger partial charge in [0, 0.05) is 13.1 Å². The number of carbonyl (C=O) groups excluding carboxylic acids is 1. The molecule has 0 aromatic heterocycles. The molecule has 16 heavy (non-hydrogen) atoms. The summed E-state index contributed by atoms with van der Waals surface area (Å²) in [6.45, 7) is 3.67. The second kappa shape index (κ2) is 4.82. The molecule has 0 radical (unpaired) electrons. The molecule has 0 saturated carbocycles. The smallest absolute Gasteiger partial charge is 0.257 e. The quantitative estimate of drug-likeness (QED) is 0.910. The van der Waals surface area contributed by atoms with Crippen molar-refractivity contribution in [3.8, 4) is 5.75 Å². The van der Waals surface area contributed by atoms with Crippen molar-refractivity contribution in [2.24, 2.45) is 0 Å². The standard InChI is InChI=1S/C11H13BrFNO2/c1-6(2)14(3)11(16)8-4-7(13)5-9(12)10(8)15/h4-6,15H,1-3H3. The van der Waals surface area contributed by atoms with Gasteiger partial charge in [0.05, 0.1) is 10.0 Å². The Morgan fingerprint density at radius 3 is 2.56 bits per heavy atom. The van der Waals surface area contributed by atoms with Crippen molar-refractivity contribution >= 4 is 21.8 Å². The number of nitrogens with zero attached hydrogens (tertiary/aromatic N) is 1. The van der Waals surface area contributed by atoms with Crippen LogP contribution in [0.2, 0.25) is 0 Å². The Balaban J connectivity index is 3.18. The summed E-state index contributed by atoms with van der Waals surface area (Å²) in [7, 11) is 1.60. The van der Waals surface area contributed by atoms with E-state index in [4.69, 9.17) is 0 Å². The predicted octanol–water partition coefficient (Wildman–Crippen LogP) is 2.77. The van der Waals surface area contributed by atoms with Crippen molar-refractivity contribution < 1.29 is 14.3 Å². The van der Waals surface area contributed by atoms with Crippen LogP contribution >= 0.6 is 15.9 Å². The number of rotatable bonds is 2. The van der Waals surface area contributed by atoms with Crippen LogP contribution in [0.4, 0.5) is 4.39 Å². The first-order valence-corrected chi connectivity index (χ1v) is 5.59. The van der Waals surface area contributed by atoms with Crippen molar-refractivity contribution in [2.75, 3.05) is 7.05 Å². The van der Waals surface area contributed by atoms with Crippen molar-refractivity contribution in [3.63, 3.8) is 0 Å². The van der Waals surface area contributed by atoms with E-state index >= 15 is 0 Å². The third-order valence-corrected chi connectivity index (χ3v) is 2.96. The summed E-state index contributed by atoms with van der Waals surface area (Å²) in [5.74, 6) is -1.21. The summed E-state index contributed by atoms with van der Waals surface area (Å²) in [6.07, 6.45) is 0. The van der Waals surface area contributed by atoms with Crippen LogP contribution in [0.15, 0.2) is 16.6 Å². The fourth-order valence-corrected chi connectivity index (χ4v) is 1.59. The van der Waals surface area contributed by atoms with E-state index in [1.807, 2.05) is 13.8 Å². The summed E-state index contributed by atoms with van der Waals surface area (Å²) in [4.78, 5) is 13.3. The fraction of sp³-hybridized carbons (Fsp3) is 0.364. The highest BCUT2D eigenvalue weighted by atomic mass is 79.9. The zero-order valence-corrected chi connectivity index (χ0v) is 10.9. The summed E-state index contributed by atoms with van der Waals surface area (Å²) in [5, 5.41) is 9.66. The predicted molar refractivity (Wildman–Crippen MR) is 63.0 cm³/mol. The van der Waals surface area contributed by atoms with E-state index in [1.165, 1.54) is 4.90 Å². The molecule has 88 valence electrons. The molecule has 0 unspecified atom stereocenters. The van der Waals surface area contributed by atoms with Gasteiger partial charge in [-0.2, -0.15) is 0 Å². The Kier molecular flexibility index (Phi) is 3.91. The van der Waals surface area contributed by atoms with E-state index in [2.05, 4.69) is 15.9 Å². The lowest BCUT2D eigenvalue weighted by atomic mass is 10.1. The number of hydrogen-bond acceptors (Lipinski definition) is 2. The molecule has 1 aromatic carbocycles. The molecule has 1 amide bonds. The number of amides is 1. The Bertz CT molecular complexity index is 421. The lowest BCUT2D eigenvalue weighted by Crippen LogP contribution is -2.33. The zero-order valence-electron chi connectivity index (χ0n) is 9.29. The Labute approximate surface area is 102 Å². The lowest BCUT2D eigenvalue weighted by Gasteiger charge is -2.22. The summed E-state index contributed by atoms with van der Waals surface area (Å²) >= 11 is 2.99. The van der Waals surface area contributed by atoms with Gasteiger partial charge in [-0.05, 0) is 41.9 Å². The summed E-state index contributed by atoms with van der Waals surface area (Å²) in [5.41, 5.74) is -0.0388. The molecule has 0 bridgehead atoms. The molecule has 5 heteroatoms. The van der Waals surface area contributed by atoms with Gasteiger partial charge in [0.25, 0.3) is 5.91 Å². The lowest BCUT2D eigenvalue weighted by molar-refractivity contribution is 0.0751. The van der Waals surface area contributed by atoms with E-state index < -0.39 is 11.7 Å². The van der Waals surface area contributed by atoms with Gasteiger partial charge in [-0.1, -0.05) is 0 Å². The first kappa shape index (κ1) is 13.0. The topological polar surface area (TPSA) is 40.5 Å². The van der Waals surface area contributed by atoms with E-state index in [9.17, 15) is 14.3 Å². The van der Waals surface area contributed by atoms with E-state index in [1.54, 1.807) is 7.05 Å². The first-order valence-electron chi connectivity index (χ1n) is 4.79. The Morgan fingerprint density at radius 2 is 2.06 bits per heavy atom. The van der Waals surface area contributed by atoms with Crippen LogP contribution in [0.1, 0.15) is 24.2 Å². The maximum atomic E-state index is 13.1. The highest BCUT2D eigenvalue weighted by molar-refractivity contribution is 9.10. The minimum atomic E-state index is -0.565. The number of phenols is 1. The fourth-order valence-electron chi connectivity index (χ4n) is 1.15. The summed E-state index contributed by atoms with van der Waals surface area (Å²) < 4.78 is 13.3. The third kappa shape index (κ3) is 2.52. The third-order valence-electron chi connectivity index (χ3n) is 2.35. The van der Waals surface area contributed by atoms with Crippen molar-refractivity contribution in [2.45, 2.75) is 19.9 Å². The first-order chi connectivity index (χ1) is 7.34. The number of phenolic OH excluding ortho intramolecular Hbond substituents is 1. The van der Waals surface area contributed by atoms with E-state index in [0.717, 1.165) is 12.1 Å². The zero-order chi connectivity index (χ0) is 12.5.